The van der Waals surface area contributed by atoms with E-state index in [4.69, 9.17) is 16.3 Å². The number of alkyl halides is 1. The van der Waals surface area contributed by atoms with Crippen molar-refractivity contribution in [2.24, 2.45) is 0 Å². The van der Waals surface area contributed by atoms with Crippen LogP contribution >= 0.6 is 11.6 Å². The van der Waals surface area contributed by atoms with E-state index in [1.807, 2.05) is 12.1 Å². The highest BCUT2D eigenvalue weighted by atomic mass is 35.5. The van der Waals surface area contributed by atoms with Crippen molar-refractivity contribution >= 4 is 11.6 Å². The molecule has 1 N–H and O–H groups in total. The van der Waals surface area contributed by atoms with E-state index in [9.17, 15) is 4.39 Å². The van der Waals surface area contributed by atoms with Crippen LogP contribution < -0.4 is 10.1 Å². The van der Waals surface area contributed by atoms with Crippen LogP contribution in [0.5, 0.6) is 5.75 Å². The van der Waals surface area contributed by atoms with Crippen LogP contribution in [0.4, 0.5) is 4.39 Å². The molecule has 0 spiro atoms. The summed E-state index contributed by atoms with van der Waals surface area (Å²) in [5.41, 5.74) is 1.02. The van der Waals surface area contributed by atoms with Crippen LogP contribution in [0.3, 0.4) is 0 Å². The van der Waals surface area contributed by atoms with Crippen LogP contribution in [-0.4, -0.2) is 19.8 Å². The van der Waals surface area contributed by atoms with Gasteiger partial charge in [-0.2, -0.15) is 0 Å². The van der Waals surface area contributed by atoms with Crippen LogP contribution in [-0.2, 0) is 0 Å². The van der Waals surface area contributed by atoms with Gasteiger partial charge in [-0.05, 0) is 38.1 Å². The first kappa shape index (κ1) is 15.3. The summed E-state index contributed by atoms with van der Waals surface area (Å²) in [5, 5.41) is 4.08. The first-order valence-corrected chi connectivity index (χ1v) is 6.78. The molecule has 0 heterocycles. The SMILES string of the molecule is CCCNC(C)c1cc(Cl)ccc1OCCCF. The molecule has 18 heavy (non-hydrogen) atoms. The molecule has 0 bridgehead atoms. The van der Waals surface area contributed by atoms with E-state index in [-0.39, 0.29) is 12.7 Å². The number of ether oxygens (including phenoxy) is 1. The molecule has 0 saturated carbocycles. The third-order valence-corrected chi connectivity index (χ3v) is 2.91. The maximum Gasteiger partial charge on any atom is 0.124 e. The van der Waals surface area contributed by atoms with Gasteiger partial charge in [-0.25, -0.2) is 0 Å². The molecule has 1 rings (SSSR count). The molecule has 0 aromatic heterocycles. The van der Waals surface area contributed by atoms with Gasteiger partial charge in [-0.15, -0.1) is 0 Å². The Morgan fingerprint density at radius 3 is 2.89 bits per heavy atom. The van der Waals surface area contributed by atoms with Crippen LogP contribution in [0, 0.1) is 0 Å². The molecule has 102 valence electrons. The highest BCUT2D eigenvalue weighted by Crippen LogP contribution is 2.28. The van der Waals surface area contributed by atoms with Crippen molar-refractivity contribution in [1.29, 1.82) is 0 Å². The molecular weight excluding hydrogens is 253 g/mol. The van der Waals surface area contributed by atoms with Crippen LogP contribution in [0.1, 0.15) is 38.3 Å². The zero-order chi connectivity index (χ0) is 13.4. The molecular formula is C14H21ClFNO. The van der Waals surface area contributed by atoms with E-state index in [0.29, 0.717) is 18.1 Å². The average molecular weight is 274 g/mol. The lowest BCUT2D eigenvalue weighted by Gasteiger charge is -2.18. The maximum atomic E-state index is 12.1. The minimum Gasteiger partial charge on any atom is -0.493 e. The molecule has 0 amide bonds. The molecule has 1 atom stereocenters. The Hall–Kier alpha value is -0.800. The molecule has 0 aliphatic heterocycles. The van der Waals surface area contributed by atoms with Crippen LogP contribution in [0.25, 0.3) is 0 Å². The fourth-order valence-electron chi connectivity index (χ4n) is 1.70. The van der Waals surface area contributed by atoms with Gasteiger partial charge >= 0.3 is 0 Å². The molecule has 0 aliphatic rings. The fraction of sp³-hybridized carbons (Fsp3) is 0.571. The van der Waals surface area contributed by atoms with Crippen LogP contribution in [0.15, 0.2) is 18.2 Å². The number of rotatable bonds is 8. The van der Waals surface area contributed by atoms with E-state index in [1.165, 1.54) is 0 Å². The monoisotopic (exact) mass is 273 g/mol. The van der Waals surface area contributed by atoms with Crippen molar-refractivity contribution in [3.8, 4) is 5.75 Å². The molecule has 4 heteroatoms. The first-order valence-electron chi connectivity index (χ1n) is 6.40. The largest absolute Gasteiger partial charge is 0.493 e. The quantitative estimate of drug-likeness (QED) is 0.719. The van der Waals surface area contributed by atoms with Crippen molar-refractivity contribution in [1.82, 2.24) is 5.32 Å². The molecule has 0 aliphatic carbocycles. The van der Waals surface area contributed by atoms with Gasteiger partial charge in [0.25, 0.3) is 0 Å². The normalized spacial score (nSPS) is 12.4. The summed E-state index contributed by atoms with van der Waals surface area (Å²) >= 11 is 6.01. The molecule has 1 aromatic carbocycles. The Bertz CT molecular complexity index is 360. The summed E-state index contributed by atoms with van der Waals surface area (Å²) < 4.78 is 17.7. The summed E-state index contributed by atoms with van der Waals surface area (Å²) in [4.78, 5) is 0. The third kappa shape index (κ3) is 4.83. The lowest BCUT2D eigenvalue weighted by molar-refractivity contribution is 0.285. The van der Waals surface area contributed by atoms with Crippen molar-refractivity contribution in [3.05, 3.63) is 28.8 Å². The Labute approximate surface area is 113 Å². The van der Waals surface area contributed by atoms with Crippen LogP contribution in [0.2, 0.25) is 5.02 Å². The maximum absolute atomic E-state index is 12.1. The Balaban J connectivity index is 2.75. The van der Waals surface area contributed by atoms with Gasteiger partial charge in [0, 0.05) is 23.0 Å². The van der Waals surface area contributed by atoms with Gasteiger partial charge in [0.15, 0.2) is 0 Å². The number of benzene rings is 1. The van der Waals surface area contributed by atoms with Crippen molar-refractivity contribution in [3.63, 3.8) is 0 Å². The number of hydrogen-bond donors (Lipinski definition) is 1. The number of halogens is 2. The second-order valence-electron chi connectivity index (χ2n) is 4.25. The second-order valence-corrected chi connectivity index (χ2v) is 4.69. The predicted molar refractivity (Wildman–Crippen MR) is 74.2 cm³/mol. The van der Waals surface area contributed by atoms with Gasteiger partial charge in [-0.1, -0.05) is 18.5 Å². The van der Waals surface area contributed by atoms with E-state index >= 15 is 0 Å². The highest BCUT2D eigenvalue weighted by Gasteiger charge is 2.11. The summed E-state index contributed by atoms with van der Waals surface area (Å²) in [5.74, 6) is 0.781. The molecule has 0 radical (unpaired) electrons. The topological polar surface area (TPSA) is 21.3 Å². The van der Waals surface area contributed by atoms with Crippen molar-refractivity contribution in [2.45, 2.75) is 32.7 Å². The molecule has 0 saturated heterocycles. The summed E-state index contributed by atoms with van der Waals surface area (Å²) in [7, 11) is 0. The standard InChI is InChI=1S/C14H21ClFNO/c1-3-8-17-11(2)13-10-12(15)5-6-14(13)18-9-4-7-16/h5-6,10-11,17H,3-4,7-9H2,1-2H3. The lowest BCUT2D eigenvalue weighted by atomic mass is 10.1. The number of hydrogen-bond acceptors (Lipinski definition) is 2. The third-order valence-electron chi connectivity index (χ3n) is 2.67. The van der Waals surface area contributed by atoms with Crippen molar-refractivity contribution < 1.29 is 9.13 Å². The highest BCUT2D eigenvalue weighted by molar-refractivity contribution is 6.30. The molecule has 1 aromatic rings. The number of nitrogens with one attached hydrogen (secondary N) is 1. The summed E-state index contributed by atoms with van der Waals surface area (Å²) in [6, 6.07) is 5.71. The van der Waals surface area contributed by atoms with E-state index in [0.717, 1.165) is 24.3 Å². The predicted octanol–water partition coefficient (Wildman–Crippen LogP) is 4.14. The second kappa shape index (κ2) is 8.33. The summed E-state index contributed by atoms with van der Waals surface area (Å²) in [6.45, 7) is 5.18. The Morgan fingerprint density at radius 1 is 1.44 bits per heavy atom. The zero-order valence-corrected chi connectivity index (χ0v) is 11.8. The smallest absolute Gasteiger partial charge is 0.124 e. The van der Waals surface area contributed by atoms with E-state index in [1.54, 1.807) is 6.07 Å². The lowest BCUT2D eigenvalue weighted by Crippen LogP contribution is -2.20. The van der Waals surface area contributed by atoms with E-state index < -0.39 is 0 Å². The van der Waals surface area contributed by atoms with Gasteiger partial charge in [0.1, 0.15) is 5.75 Å². The first-order chi connectivity index (χ1) is 8.69. The minimum absolute atomic E-state index is 0.170. The van der Waals surface area contributed by atoms with Crippen molar-refractivity contribution in [2.75, 3.05) is 19.8 Å². The molecule has 2 nitrogen and oxygen atoms in total. The molecule has 1 unspecified atom stereocenters. The Kier molecular flexibility index (Phi) is 7.06. The molecule has 0 fully saturated rings. The van der Waals surface area contributed by atoms with Gasteiger partial charge < -0.3 is 10.1 Å². The van der Waals surface area contributed by atoms with Gasteiger partial charge in [-0.3, -0.25) is 4.39 Å². The average Bonchev–Trinajstić information content (AvgIpc) is 2.38. The van der Waals surface area contributed by atoms with E-state index in [2.05, 4.69) is 19.2 Å². The minimum atomic E-state index is -0.355. The van der Waals surface area contributed by atoms with Gasteiger partial charge in [0.05, 0.1) is 13.3 Å². The summed E-state index contributed by atoms with van der Waals surface area (Å²) in [6.07, 6.45) is 1.49. The van der Waals surface area contributed by atoms with Gasteiger partial charge in [0.2, 0.25) is 0 Å². The Morgan fingerprint density at radius 2 is 2.22 bits per heavy atom. The fourth-order valence-corrected chi connectivity index (χ4v) is 1.88. The zero-order valence-electron chi connectivity index (χ0n) is 11.0.